The highest BCUT2D eigenvalue weighted by molar-refractivity contribution is 9.09. The number of nitro benzene ring substituents is 1. The number of ether oxygens (including phenoxy) is 3. The quantitative estimate of drug-likeness (QED) is 0.322. The van der Waals surface area contributed by atoms with Gasteiger partial charge in [0.1, 0.15) is 18.0 Å². The molecule has 0 bridgehead atoms. The zero-order valence-electron chi connectivity index (χ0n) is 11.3. The molecule has 1 aromatic rings. The number of rotatable bonds is 7. The number of methoxy groups -OCH3 is 1. The van der Waals surface area contributed by atoms with Crippen LogP contribution >= 0.6 is 15.9 Å². The molecular weight excluding hydrogens is 349 g/mol. The van der Waals surface area contributed by atoms with Crippen LogP contribution in [0.1, 0.15) is 6.42 Å². The Labute approximate surface area is 129 Å². The van der Waals surface area contributed by atoms with Gasteiger partial charge in [-0.05, 0) is 6.07 Å². The Morgan fingerprint density at radius 1 is 1.48 bits per heavy atom. The van der Waals surface area contributed by atoms with Gasteiger partial charge in [0.25, 0.3) is 0 Å². The highest BCUT2D eigenvalue weighted by Gasteiger charge is 2.42. The van der Waals surface area contributed by atoms with Crippen molar-refractivity contribution in [1.29, 1.82) is 0 Å². The third kappa shape index (κ3) is 3.90. The predicted octanol–water partition coefficient (Wildman–Crippen LogP) is 2.68. The maximum absolute atomic E-state index is 13.5. The second-order valence-corrected chi connectivity index (χ2v) is 5.78. The number of hydrogen-bond acceptors (Lipinski definition) is 5. The molecule has 3 atom stereocenters. The van der Waals surface area contributed by atoms with Crippen LogP contribution in [0.2, 0.25) is 0 Å². The summed E-state index contributed by atoms with van der Waals surface area (Å²) in [5.74, 6) is -0.660. The zero-order valence-corrected chi connectivity index (χ0v) is 12.9. The van der Waals surface area contributed by atoms with Crippen LogP contribution in [0.3, 0.4) is 0 Å². The zero-order chi connectivity index (χ0) is 15.4. The molecule has 6 nitrogen and oxygen atoms in total. The van der Waals surface area contributed by atoms with E-state index in [0.717, 1.165) is 18.6 Å². The first-order valence-electron chi connectivity index (χ1n) is 6.38. The molecule has 0 aliphatic heterocycles. The monoisotopic (exact) mass is 363 g/mol. The molecule has 0 N–H and O–H groups in total. The van der Waals surface area contributed by atoms with E-state index < -0.39 is 16.4 Å². The summed E-state index contributed by atoms with van der Waals surface area (Å²) in [6.45, 7) is 0.923. The van der Waals surface area contributed by atoms with Gasteiger partial charge in [-0.3, -0.25) is 10.1 Å². The Kier molecular flexibility index (Phi) is 5.49. The van der Waals surface area contributed by atoms with Gasteiger partial charge in [-0.2, -0.15) is 4.39 Å². The molecule has 8 heteroatoms. The fraction of sp³-hybridized carbons (Fsp3) is 0.538. The van der Waals surface area contributed by atoms with Crippen molar-refractivity contribution < 1.29 is 23.5 Å². The number of alkyl halides is 1. The highest BCUT2D eigenvalue weighted by Crippen LogP contribution is 2.35. The summed E-state index contributed by atoms with van der Waals surface area (Å²) in [6, 6.07) is 3.50. The molecule has 1 aliphatic rings. The Morgan fingerprint density at radius 2 is 2.24 bits per heavy atom. The van der Waals surface area contributed by atoms with Crippen molar-refractivity contribution in [1.82, 2.24) is 0 Å². The molecule has 3 unspecified atom stereocenters. The summed E-state index contributed by atoms with van der Waals surface area (Å²) in [6.07, 6.45) is 0.349. The van der Waals surface area contributed by atoms with Crippen molar-refractivity contribution in [2.45, 2.75) is 23.5 Å². The van der Waals surface area contributed by atoms with Crippen LogP contribution in [0, 0.1) is 15.9 Å². The number of nitro groups is 1. The van der Waals surface area contributed by atoms with Gasteiger partial charge >= 0.3 is 5.69 Å². The standard InChI is InChI=1S/C13H15BrFNO5/c1-19-4-5-20-13-9(14)7-12(13)21-8-2-3-11(16(17)18)10(15)6-8/h2-3,6,9,12-13H,4-5,7H2,1H3. The van der Waals surface area contributed by atoms with Gasteiger partial charge in [0.15, 0.2) is 0 Å². The molecule has 0 amide bonds. The maximum Gasteiger partial charge on any atom is 0.305 e. The van der Waals surface area contributed by atoms with Crippen LogP contribution < -0.4 is 4.74 Å². The first kappa shape index (κ1) is 16.1. The second kappa shape index (κ2) is 7.15. The molecule has 0 aromatic heterocycles. The number of nitrogens with zero attached hydrogens (tertiary/aromatic N) is 1. The van der Waals surface area contributed by atoms with Crippen LogP contribution in [-0.4, -0.2) is 42.3 Å². The van der Waals surface area contributed by atoms with Crippen molar-refractivity contribution in [3.05, 3.63) is 34.1 Å². The molecule has 0 radical (unpaired) electrons. The third-order valence-electron chi connectivity index (χ3n) is 3.18. The van der Waals surface area contributed by atoms with E-state index in [1.165, 1.54) is 6.07 Å². The van der Waals surface area contributed by atoms with Crippen molar-refractivity contribution in [2.75, 3.05) is 20.3 Å². The van der Waals surface area contributed by atoms with Gasteiger partial charge in [0.05, 0.1) is 18.1 Å². The normalized spacial score (nSPS) is 24.4. The van der Waals surface area contributed by atoms with E-state index in [4.69, 9.17) is 14.2 Å². The molecular formula is C13H15BrFNO5. The van der Waals surface area contributed by atoms with Gasteiger partial charge in [0, 0.05) is 30.5 Å². The highest BCUT2D eigenvalue weighted by atomic mass is 79.9. The minimum absolute atomic E-state index is 0.154. The average Bonchev–Trinajstić information content (AvgIpc) is 2.42. The topological polar surface area (TPSA) is 70.8 Å². The lowest BCUT2D eigenvalue weighted by molar-refractivity contribution is -0.387. The van der Waals surface area contributed by atoms with E-state index in [1.807, 2.05) is 0 Å². The van der Waals surface area contributed by atoms with Crippen molar-refractivity contribution in [3.8, 4) is 5.75 Å². The smallest absolute Gasteiger partial charge is 0.305 e. The van der Waals surface area contributed by atoms with Gasteiger partial charge in [-0.1, -0.05) is 15.9 Å². The lowest BCUT2D eigenvalue weighted by Crippen LogP contribution is -2.52. The fourth-order valence-electron chi connectivity index (χ4n) is 2.01. The van der Waals surface area contributed by atoms with Crippen LogP contribution in [0.5, 0.6) is 5.75 Å². The Morgan fingerprint density at radius 3 is 2.81 bits per heavy atom. The Bertz CT molecular complexity index is 515. The molecule has 0 saturated heterocycles. The summed E-state index contributed by atoms with van der Waals surface area (Å²) >= 11 is 3.47. The minimum Gasteiger partial charge on any atom is -0.488 e. The van der Waals surface area contributed by atoms with Crippen molar-refractivity contribution >= 4 is 21.6 Å². The van der Waals surface area contributed by atoms with E-state index in [2.05, 4.69) is 15.9 Å². The summed E-state index contributed by atoms with van der Waals surface area (Å²) in [7, 11) is 1.59. The summed E-state index contributed by atoms with van der Waals surface area (Å²) < 4.78 is 29.7. The maximum atomic E-state index is 13.5. The van der Waals surface area contributed by atoms with E-state index in [0.29, 0.717) is 13.2 Å². The molecule has 21 heavy (non-hydrogen) atoms. The molecule has 1 saturated carbocycles. The van der Waals surface area contributed by atoms with Gasteiger partial charge in [-0.15, -0.1) is 0 Å². The SMILES string of the molecule is COCCOC1C(Br)CC1Oc1ccc([N+](=O)[O-])c(F)c1. The summed E-state index contributed by atoms with van der Waals surface area (Å²) in [5, 5.41) is 10.6. The molecule has 0 spiro atoms. The van der Waals surface area contributed by atoms with E-state index >= 15 is 0 Å². The molecule has 116 valence electrons. The predicted molar refractivity (Wildman–Crippen MR) is 76.4 cm³/mol. The molecule has 1 aliphatic carbocycles. The molecule has 1 aromatic carbocycles. The first-order valence-corrected chi connectivity index (χ1v) is 7.29. The van der Waals surface area contributed by atoms with Crippen molar-refractivity contribution in [2.24, 2.45) is 0 Å². The lowest BCUT2D eigenvalue weighted by atomic mass is 9.91. The summed E-state index contributed by atoms with van der Waals surface area (Å²) in [5.41, 5.74) is -0.567. The van der Waals surface area contributed by atoms with Crippen LogP contribution in [0.4, 0.5) is 10.1 Å². The van der Waals surface area contributed by atoms with Gasteiger partial charge < -0.3 is 14.2 Å². The van der Waals surface area contributed by atoms with Gasteiger partial charge in [-0.25, -0.2) is 0 Å². The van der Waals surface area contributed by atoms with E-state index in [-0.39, 0.29) is 22.8 Å². The van der Waals surface area contributed by atoms with Gasteiger partial charge in [0.2, 0.25) is 5.82 Å². The van der Waals surface area contributed by atoms with E-state index in [1.54, 1.807) is 7.11 Å². The molecule has 2 rings (SSSR count). The average molecular weight is 364 g/mol. The second-order valence-electron chi connectivity index (χ2n) is 4.61. The Hall–Kier alpha value is -1.25. The minimum atomic E-state index is -0.913. The van der Waals surface area contributed by atoms with Crippen LogP contribution in [0.15, 0.2) is 18.2 Å². The lowest BCUT2D eigenvalue weighted by Gasteiger charge is -2.40. The molecule has 1 fully saturated rings. The largest absolute Gasteiger partial charge is 0.488 e. The van der Waals surface area contributed by atoms with Crippen LogP contribution in [-0.2, 0) is 9.47 Å². The fourth-order valence-corrected chi connectivity index (χ4v) is 2.87. The number of benzene rings is 1. The first-order chi connectivity index (χ1) is 10.0. The van der Waals surface area contributed by atoms with E-state index in [9.17, 15) is 14.5 Å². The third-order valence-corrected chi connectivity index (χ3v) is 4.08. The summed E-state index contributed by atoms with van der Waals surface area (Å²) in [4.78, 5) is 9.95. The van der Waals surface area contributed by atoms with Crippen LogP contribution in [0.25, 0.3) is 0 Å². The molecule has 0 heterocycles. The van der Waals surface area contributed by atoms with Crippen molar-refractivity contribution in [3.63, 3.8) is 0 Å². The number of hydrogen-bond donors (Lipinski definition) is 0. The Balaban J connectivity index is 1.95. The number of halogens is 2.